The number of nitrogens with zero attached hydrogens (tertiary/aromatic N) is 2. The van der Waals surface area contributed by atoms with Gasteiger partial charge in [0.25, 0.3) is 0 Å². The summed E-state index contributed by atoms with van der Waals surface area (Å²) in [7, 11) is 0. The number of nitrogens with one attached hydrogen (secondary N) is 2. The van der Waals surface area contributed by atoms with Crippen molar-refractivity contribution < 1.29 is 24.2 Å². The molecule has 9 nitrogen and oxygen atoms in total. The molecule has 0 aliphatic carbocycles. The molecule has 0 saturated carbocycles. The van der Waals surface area contributed by atoms with Crippen LogP contribution in [0.3, 0.4) is 0 Å². The molecule has 2 unspecified atom stereocenters. The number of hydrogen-bond acceptors (Lipinski definition) is 6. The van der Waals surface area contributed by atoms with Crippen molar-refractivity contribution in [2.75, 3.05) is 13.2 Å². The molecule has 2 aromatic carbocycles. The highest BCUT2D eigenvalue weighted by Crippen LogP contribution is 2.28. The Bertz CT molecular complexity index is 1090. The van der Waals surface area contributed by atoms with Gasteiger partial charge < -0.3 is 25.4 Å². The predicted octanol–water partition coefficient (Wildman–Crippen LogP) is 2.90. The maximum atomic E-state index is 13.6. The first-order chi connectivity index (χ1) is 17.0. The van der Waals surface area contributed by atoms with E-state index in [-0.39, 0.29) is 6.54 Å². The van der Waals surface area contributed by atoms with E-state index in [4.69, 9.17) is 4.74 Å². The topological polar surface area (TPSA) is 132 Å². The lowest BCUT2D eigenvalue weighted by molar-refractivity contribution is -0.142. The fourth-order valence-corrected chi connectivity index (χ4v) is 3.78. The highest BCUT2D eigenvalue weighted by atomic mass is 16.6. The normalized spacial score (nSPS) is 12.6. The van der Waals surface area contributed by atoms with Gasteiger partial charge in [0.2, 0.25) is 11.8 Å². The average molecular weight is 495 g/mol. The minimum Gasteiger partial charge on any atom is -0.444 e. The van der Waals surface area contributed by atoms with Crippen molar-refractivity contribution >= 4 is 17.9 Å². The number of alkyl carbamates (subject to hydrolysis) is 1. The van der Waals surface area contributed by atoms with Crippen LogP contribution in [0, 0.1) is 25.2 Å². The second-order valence-electron chi connectivity index (χ2n) is 9.42. The zero-order valence-corrected chi connectivity index (χ0v) is 21.4. The van der Waals surface area contributed by atoms with Crippen molar-refractivity contribution in [3.8, 4) is 6.07 Å². The lowest BCUT2D eigenvalue weighted by Crippen LogP contribution is -2.54. The molecule has 0 aliphatic heterocycles. The fourth-order valence-electron chi connectivity index (χ4n) is 3.78. The van der Waals surface area contributed by atoms with Crippen LogP contribution in [0.1, 0.15) is 49.1 Å². The van der Waals surface area contributed by atoms with Crippen LogP contribution in [0.2, 0.25) is 0 Å². The van der Waals surface area contributed by atoms with E-state index < -0.39 is 48.7 Å². The Morgan fingerprint density at radius 3 is 2.19 bits per heavy atom. The summed E-state index contributed by atoms with van der Waals surface area (Å²) in [4.78, 5) is 40.5. The number of aryl methyl sites for hydroxylation is 2. The molecular weight excluding hydrogens is 460 g/mol. The standard InChI is InChI=1S/C27H34N4O5/c1-18-10-9-11-19(2)22(18)23(24(33)29-16-20-12-7-6-8-13-20)31(15-14-28)25(34)21(17-32)30-26(35)36-27(3,4)5/h6-13,21,23,32H,15-17H2,1-5H3,(H,29,33)(H,30,35). The summed E-state index contributed by atoms with van der Waals surface area (Å²) >= 11 is 0. The summed E-state index contributed by atoms with van der Waals surface area (Å²) in [5, 5.41) is 24.7. The van der Waals surface area contributed by atoms with Crippen molar-refractivity contribution in [1.82, 2.24) is 15.5 Å². The van der Waals surface area contributed by atoms with Gasteiger partial charge in [-0.3, -0.25) is 9.59 Å². The molecule has 2 aromatic rings. The highest BCUT2D eigenvalue weighted by Gasteiger charge is 2.37. The van der Waals surface area contributed by atoms with Crippen molar-refractivity contribution in [3.63, 3.8) is 0 Å². The first kappa shape index (κ1) is 28.3. The SMILES string of the molecule is Cc1cccc(C)c1C(C(=O)NCc1ccccc1)N(CC#N)C(=O)C(CO)NC(=O)OC(C)(C)C. The van der Waals surface area contributed by atoms with E-state index >= 15 is 0 Å². The summed E-state index contributed by atoms with van der Waals surface area (Å²) in [5.41, 5.74) is 2.12. The summed E-state index contributed by atoms with van der Waals surface area (Å²) in [6.45, 7) is 7.66. The van der Waals surface area contributed by atoms with E-state index in [2.05, 4.69) is 10.6 Å². The van der Waals surface area contributed by atoms with Gasteiger partial charge in [0, 0.05) is 6.54 Å². The quantitative estimate of drug-likeness (QED) is 0.459. The van der Waals surface area contributed by atoms with Crippen LogP contribution in [0.4, 0.5) is 4.79 Å². The van der Waals surface area contributed by atoms with Crippen molar-refractivity contribution in [2.24, 2.45) is 0 Å². The van der Waals surface area contributed by atoms with Gasteiger partial charge in [0.15, 0.2) is 0 Å². The maximum absolute atomic E-state index is 13.6. The Labute approximate surface area is 212 Å². The monoisotopic (exact) mass is 494 g/mol. The Kier molecular flexibility index (Phi) is 10.00. The van der Waals surface area contributed by atoms with Crippen molar-refractivity contribution in [1.29, 1.82) is 5.26 Å². The van der Waals surface area contributed by atoms with Gasteiger partial charge in [0.1, 0.15) is 24.2 Å². The molecular formula is C27H34N4O5. The number of nitriles is 1. The predicted molar refractivity (Wildman–Crippen MR) is 135 cm³/mol. The fraction of sp³-hybridized carbons (Fsp3) is 0.407. The third kappa shape index (κ3) is 7.82. The highest BCUT2D eigenvalue weighted by molar-refractivity contribution is 5.92. The van der Waals surface area contributed by atoms with Gasteiger partial charge in [-0.15, -0.1) is 0 Å². The van der Waals surface area contributed by atoms with E-state index in [1.165, 1.54) is 0 Å². The molecule has 3 N–H and O–H groups in total. The summed E-state index contributed by atoms with van der Waals surface area (Å²) in [6, 6.07) is 14.1. The van der Waals surface area contributed by atoms with Crippen molar-refractivity contribution in [3.05, 3.63) is 70.8 Å². The molecule has 0 radical (unpaired) electrons. The largest absolute Gasteiger partial charge is 0.444 e. The van der Waals surface area contributed by atoms with E-state index in [0.29, 0.717) is 5.56 Å². The van der Waals surface area contributed by atoms with Crippen LogP contribution >= 0.6 is 0 Å². The Morgan fingerprint density at radius 1 is 1.06 bits per heavy atom. The number of ether oxygens (including phenoxy) is 1. The van der Waals surface area contributed by atoms with Gasteiger partial charge in [-0.05, 0) is 56.9 Å². The second-order valence-corrected chi connectivity index (χ2v) is 9.42. The van der Waals surface area contributed by atoms with Gasteiger partial charge in [0.05, 0.1) is 12.7 Å². The molecule has 0 saturated heterocycles. The van der Waals surface area contributed by atoms with Gasteiger partial charge >= 0.3 is 6.09 Å². The average Bonchev–Trinajstić information content (AvgIpc) is 2.81. The zero-order valence-electron chi connectivity index (χ0n) is 21.4. The molecule has 192 valence electrons. The molecule has 0 spiro atoms. The van der Waals surface area contributed by atoms with Crippen LogP contribution in [0.5, 0.6) is 0 Å². The Hall–Kier alpha value is -3.90. The molecule has 2 atom stereocenters. The number of rotatable bonds is 9. The third-order valence-corrected chi connectivity index (χ3v) is 5.38. The van der Waals surface area contributed by atoms with Gasteiger partial charge in [-0.25, -0.2) is 4.79 Å². The smallest absolute Gasteiger partial charge is 0.408 e. The second kappa shape index (κ2) is 12.7. The lowest BCUT2D eigenvalue weighted by atomic mass is 9.93. The number of amides is 3. The van der Waals surface area contributed by atoms with Crippen molar-refractivity contribution in [2.45, 2.75) is 58.8 Å². The first-order valence-corrected chi connectivity index (χ1v) is 11.6. The number of aliphatic hydroxyl groups is 1. The van der Waals surface area contributed by atoms with E-state index in [1.54, 1.807) is 20.8 Å². The summed E-state index contributed by atoms with van der Waals surface area (Å²) in [6.07, 6.45) is -0.899. The van der Waals surface area contributed by atoms with E-state index in [1.807, 2.05) is 68.4 Å². The number of carbonyl (C=O) groups is 3. The molecule has 36 heavy (non-hydrogen) atoms. The number of carbonyl (C=O) groups excluding carboxylic acids is 3. The number of aliphatic hydroxyl groups excluding tert-OH is 1. The molecule has 0 bridgehead atoms. The van der Waals surface area contributed by atoms with Gasteiger partial charge in [-0.1, -0.05) is 48.5 Å². The van der Waals surface area contributed by atoms with Crippen LogP contribution in [-0.2, 0) is 20.9 Å². The summed E-state index contributed by atoms with van der Waals surface area (Å²) < 4.78 is 5.20. The van der Waals surface area contributed by atoms with Gasteiger partial charge in [-0.2, -0.15) is 5.26 Å². The van der Waals surface area contributed by atoms with Crippen LogP contribution in [0.15, 0.2) is 48.5 Å². The minimum absolute atomic E-state index is 0.218. The molecule has 2 rings (SSSR count). The van der Waals surface area contributed by atoms with E-state index in [0.717, 1.165) is 21.6 Å². The zero-order chi connectivity index (χ0) is 26.9. The molecule has 0 aromatic heterocycles. The molecule has 3 amide bonds. The Balaban J connectivity index is 2.44. The molecule has 0 heterocycles. The number of benzene rings is 2. The molecule has 9 heteroatoms. The van der Waals surface area contributed by atoms with Crippen LogP contribution in [0.25, 0.3) is 0 Å². The lowest BCUT2D eigenvalue weighted by Gasteiger charge is -2.33. The molecule has 0 aliphatic rings. The Morgan fingerprint density at radius 2 is 1.67 bits per heavy atom. The maximum Gasteiger partial charge on any atom is 0.408 e. The van der Waals surface area contributed by atoms with Crippen LogP contribution in [-0.4, -0.2) is 52.7 Å². The minimum atomic E-state index is -1.41. The van der Waals surface area contributed by atoms with Crippen LogP contribution < -0.4 is 10.6 Å². The van der Waals surface area contributed by atoms with E-state index in [9.17, 15) is 24.8 Å². The third-order valence-electron chi connectivity index (χ3n) is 5.38. The first-order valence-electron chi connectivity index (χ1n) is 11.6. The number of hydrogen-bond donors (Lipinski definition) is 3. The molecule has 0 fully saturated rings. The summed E-state index contributed by atoms with van der Waals surface area (Å²) in [5.74, 6) is -1.28.